The SMILES string of the molecule is CCOC(=O)c1cc(C(=O)OCC)c(=O)[nH]c1NNC(=O)Cc1ccccc1. The summed E-state index contributed by atoms with van der Waals surface area (Å²) >= 11 is 0. The van der Waals surface area contributed by atoms with E-state index in [1.54, 1.807) is 38.1 Å². The van der Waals surface area contributed by atoms with E-state index >= 15 is 0 Å². The van der Waals surface area contributed by atoms with Gasteiger partial charge in [-0.25, -0.2) is 9.59 Å². The van der Waals surface area contributed by atoms with E-state index < -0.39 is 23.4 Å². The van der Waals surface area contributed by atoms with Crippen LogP contribution < -0.4 is 16.4 Å². The maximum absolute atomic E-state index is 12.2. The van der Waals surface area contributed by atoms with Gasteiger partial charge in [0.25, 0.3) is 5.56 Å². The Morgan fingerprint density at radius 3 is 2.18 bits per heavy atom. The summed E-state index contributed by atoms with van der Waals surface area (Å²) in [5, 5.41) is 0. The number of nitrogens with one attached hydrogen (secondary N) is 3. The van der Waals surface area contributed by atoms with Crippen molar-refractivity contribution < 1.29 is 23.9 Å². The average molecular weight is 387 g/mol. The molecule has 0 aliphatic heterocycles. The van der Waals surface area contributed by atoms with Gasteiger partial charge in [-0.2, -0.15) is 0 Å². The zero-order valence-electron chi connectivity index (χ0n) is 15.5. The first-order valence-corrected chi connectivity index (χ1v) is 8.66. The Morgan fingerprint density at radius 1 is 0.964 bits per heavy atom. The molecular formula is C19H21N3O6. The van der Waals surface area contributed by atoms with E-state index in [2.05, 4.69) is 15.8 Å². The van der Waals surface area contributed by atoms with E-state index in [1.165, 1.54) is 0 Å². The molecule has 9 heteroatoms. The predicted octanol–water partition coefficient (Wildman–Crippen LogP) is 1.41. The van der Waals surface area contributed by atoms with Crippen molar-refractivity contribution in [1.29, 1.82) is 0 Å². The molecule has 2 rings (SSSR count). The summed E-state index contributed by atoms with van der Waals surface area (Å²) in [5.74, 6) is -2.13. The molecule has 0 radical (unpaired) electrons. The van der Waals surface area contributed by atoms with Crippen molar-refractivity contribution in [2.24, 2.45) is 0 Å². The minimum absolute atomic E-state index is 0.0720. The highest BCUT2D eigenvalue weighted by molar-refractivity contribution is 5.98. The number of benzene rings is 1. The zero-order valence-corrected chi connectivity index (χ0v) is 15.5. The van der Waals surface area contributed by atoms with Gasteiger partial charge in [-0.3, -0.25) is 20.4 Å². The normalized spacial score (nSPS) is 10.1. The molecule has 9 nitrogen and oxygen atoms in total. The average Bonchev–Trinajstić information content (AvgIpc) is 2.67. The third kappa shape index (κ3) is 5.44. The number of hydrogen-bond donors (Lipinski definition) is 3. The number of rotatable bonds is 8. The number of aromatic nitrogens is 1. The number of H-pyrrole nitrogens is 1. The van der Waals surface area contributed by atoms with Crippen molar-refractivity contribution in [3.05, 3.63) is 63.4 Å². The number of hydrazine groups is 1. The fourth-order valence-corrected chi connectivity index (χ4v) is 2.32. The second-order valence-electron chi connectivity index (χ2n) is 5.58. The summed E-state index contributed by atoms with van der Waals surface area (Å²) in [6.07, 6.45) is 0.0910. The Kier molecular flexibility index (Phi) is 7.32. The smallest absolute Gasteiger partial charge is 0.343 e. The van der Waals surface area contributed by atoms with E-state index in [4.69, 9.17) is 9.47 Å². The van der Waals surface area contributed by atoms with E-state index in [-0.39, 0.29) is 36.6 Å². The standard InChI is InChI=1S/C19H21N3O6/c1-3-27-18(25)13-11-14(19(26)28-4-2)17(24)20-16(13)22-21-15(23)10-12-8-6-5-7-9-12/h5-9,11H,3-4,10H2,1-2H3,(H,21,23)(H2,20,22,24). The molecule has 28 heavy (non-hydrogen) atoms. The number of hydrogen-bond acceptors (Lipinski definition) is 7. The number of ether oxygens (including phenoxy) is 2. The van der Waals surface area contributed by atoms with Crippen LogP contribution in [0.1, 0.15) is 40.1 Å². The Balaban J connectivity index is 2.22. The van der Waals surface area contributed by atoms with Crippen LogP contribution in [0.25, 0.3) is 0 Å². The molecule has 1 amide bonds. The lowest BCUT2D eigenvalue weighted by Crippen LogP contribution is -2.34. The van der Waals surface area contributed by atoms with E-state index in [0.717, 1.165) is 11.6 Å². The summed E-state index contributed by atoms with van der Waals surface area (Å²) in [7, 11) is 0. The van der Waals surface area contributed by atoms with E-state index in [9.17, 15) is 19.2 Å². The Labute approximate surface area is 161 Å². The summed E-state index contributed by atoms with van der Waals surface area (Å²) < 4.78 is 9.75. The molecule has 0 fully saturated rings. The molecule has 1 aromatic heterocycles. The minimum Gasteiger partial charge on any atom is -0.462 e. The summed E-state index contributed by atoms with van der Waals surface area (Å²) in [6, 6.07) is 10.1. The maximum atomic E-state index is 12.2. The molecule has 1 heterocycles. The maximum Gasteiger partial charge on any atom is 0.343 e. The molecular weight excluding hydrogens is 366 g/mol. The number of anilines is 1. The van der Waals surface area contributed by atoms with Gasteiger partial charge in [0.15, 0.2) is 0 Å². The highest BCUT2D eigenvalue weighted by Gasteiger charge is 2.21. The van der Waals surface area contributed by atoms with Crippen molar-refractivity contribution >= 4 is 23.7 Å². The quantitative estimate of drug-likeness (QED) is 0.462. The van der Waals surface area contributed by atoms with Crippen LogP contribution in [-0.2, 0) is 20.7 Å². The van der Waals surface area contributed by atoms with Crippen molar-refractivity contribution in [1.82, 2.24) is 10.4 Å². The molecule has 0 bridgehead atoms. The minimum atomic E-state index is -0.867. The van der Waals surface area contributed by atoms with Gasteiger partial charge in [0.1, 0.15) is 16.9 Å². The lowest BCUT2D eigenvalue weighted by molar-refractivity contribution is -0.119. The van der Waals surface area contributed by atoms with Crippen LogP contribution in [0.5, 0.6) is 0 Å². The van der Waals surface area contributed by atoms with Crippen LogP contribution >= 0.6 is 0 Å². The fraction of sp³-hybridized carbons (Fsp3) is 0.263. The first kappa shape index (κ1) is 20.7. The van der Waals surface area contributed by atoms with Gasteiger partial charge in [0.2, 0.25) is 5.91 Å². The topological polar surface area (TPSA) is 127 Å². The van der Waals surface area contributed by atoms with Crippen LogP contribution in [0.2, 0.25) is 0 Å². The lowest BCUT2D eigenvalue weighted by atomic mass is 10.1. The number of amides is 1. The van der Waals surface area contributed by atoms with Gasteiger partial charge in [-0.15, -0.1) is 0 Å². The number of esters is 2. The van der Waals surface area contributed by atoms with Gasteiger partial charge in [0.05, 0.1) is 19.6 Å². The van der Waals surface area contributed by atoms with Crippen LogP contribution in [0.15, 0.2) is 41.2 Å². The van der Waals surface area contributed by atoms with Crippen LogP contribution in [-0.4, -0.2) is 36.0 Å². The number of pyridine rings is 1. The van der Waals surface area contributed by atoms with Crippen molar-refractivity contribution in [3.63, 3.8) is 0 Å². The molecule has 0 saturated carbocycles. The van der Waals surface area contributed by atoms with Crippen molar-refractivity contribution in [3.8, 4) is 0 Å². The Bertz CT molecular complexity index is 908. The van der Waals surface area contributed by atoms with Crippen LogP contribution in [0, 0.1) is 0 Å². The Morgan fingerprint density at radius 2 is 1.57 bits per heavy atom. The third-order valence-corrected chi connectivity index (χ3v) is 3.57. The highest BCUT2D eigenvalue weighted by Crippen LogP contribution is 2.13. The van der Waals surface area contributed by atoms with Gasteiger partial charge >= 0.3 is 11.9 Å². The van der Waals surface area contributed by atoms with Gasteiger partial charge in [-0.05, 0) is 25.5 Å². The highest BCUT2D eigenvalue weighted by atomic mass is 16.5. The second kappa shape index (κ2) is 9.91. The molecule has 148 valence electrons. The number of carbonyl (C=O) groups excluding carboxylic acids is 3. The van der Waals surface area contributed by atoms with Crippen molar-refractivity contribution in [2.45, 2.75) is 20.3 Å². The predicted molar refractivity (Wildman–Crippen MR) is 101 cm³/mol. The van der Waals surface area contributed by atoms with Crippen molar-refractivity contribution in [2.75, 3.05) is 18.6 Å². The van der Waals surface area contributed by atoms with Gasteiger partial charge in [-0.1, -0.05) is 30.3 Å². The van der Waals surface area contributed by atoms with Gasteiger partial charge in [0, 0.05) is 0 Å². The summed E-state index contributed by atoms with van der Waals surface area (Å²) in [4.78, 5) is 50.7. The van der Waals surface area contributed by atoms with Crippen LogP contribution in [0.3, 0.4) is 0 Å². The monoisotopic (exact) mass is 387 g/mol. The van der Waals surface area contributed by atoms with E-state index in [1.807, 2.05) is 6.07 Å². The molecule has 3 N–H and O–H groups in total. The molecule has 1 aromatic carbocycles. The number of aromatic amines is 1. The summed E-state index contributed by atoms with van der Waals surface area (Å²) in [6.45, 7) is 3.37. The molecule has 0 unspecified atom stereocenters. The molecule has 0 aliphatic carbocycles. The molecule has 2 aromatic rings. The lowest BCUT2D eigenvalue weighted by Gasteiger charge is -2.13. The number of carbonyl (C=O) groups is 3. The molecule has 0 spiro atoms. The Hall–Kier alpha value is -3.62. The first-order chi connectivity index (χ1) is 13.5. The molecule has 0 aliphatic rings. The second-order valence-corrected chi connectivity index (χ2v) is 5.58. The largest absolute Gasteiger partial charge is 0.462 e. The molecule has 0 atom stereocenters. The van der Waals surface area contributed by atoms with Crippen LogP contribution in [0.4, 0.5) is 5.82 Å². The van der Waals surface area contributed by atoms with Gasteiger partial charge < -0.3 is 14.5 Å². The third-order valence-electron chi connectivity index (χ3n) is 3.57. The van der Waals surface area contributed by atoms with E-state index in [0.29, 0.717) is 0 Å². The fourth-order valence-electron chi connectivity index (χ4n) is 2.32. The zero-order chi connectivity index (χ0) is 20.5. The summed E-state index contributed by atoms with van der Waals surface area (Å²) in [5.41, 5.74) is 4.46. The first-order valence-electron chi connectivity index (χ1n) is 8.66. The molecule has 0 saturated heterocycles.